The van der Waals surface area contributed by atoms with Gasteiger partial charge >= 0.3 is 0 Å². The lowest BCUT2D eigenvalue weighted by atomic mass is 10.1. The Bertz CT molecular complexity index is 821. The molecule has 1 aromatic heterocycles. The van der Waals surface area contributed by atoms with Gasteiger partial charge in [-0.05, 0) is 35.9 Å². The largest absolute Gasteiger partial charge is 0.326 e. The average molecular weight is 275 g/mol. The first-order valence-corrected chi connectivity index (χ1v) is 6.84. The number of nitrogens with one attached hydrogen (secondary N) is 1. The molecule has 0 spiro atoms. The first-order valence-electron chi connectivity index (χ1n) is 6.84. The molecule has 21 heavy (non-hydrogen) atoms. The van der Waals surface area contributed by atoms with E-state index in [-0.39, 0.29) is 5.91 Å². The maximum absolute atomic E-state index is 11.5. The normalized spacial score (nSPS) is 13.0. The van der Waals surface area contributed by atoms with Gasteiger partial charge in [-0.15, -0.1) is 0 Å². The number of hydrogen-bond acceptors (Lipinski definition) is 2. The molecule has 1 N–H and O–H groups in total. The van der Waals surface area contributed by atoms with Crippen LogP contribution in [-0.4, -0.2) is 15.7 Å². The molecule has 0 unspecified atom stereocenters. The van der Waals surface area contributed by atoms with Gasteiger partial charge in [-0.3, -0.25) is 4.79 Å². The predicted octanol–water partition coefficient (Wildman–Crippen LogP) is 3.03. The Balaban J connectivity index is 1.81. The Labute approximate surface area is 122 Å². The third-order valence-electron chi connectivity index (χ3n) is 3.67. The second-order valence-corrected chi connectivity index (χ2v) is 5.06. The minimum atomic E-state index is 0.0544. The van der Waals surface area contributed by atoms with Crippen LogP contribution in [0, 0.1) is 0 Å². The van der Waals surface area contributed by atoms with Crippen LogP contribution in [-0.2, 0) is 11.2 Å². The summed E-state index contributed by atoms with van der Waals surface area (Å²) in [6, 6.07) is 18.0. The highest BCUT2D eigenvalue weighted by molar-refractivity contribution is 5.99. The number of rotatable bonds is 2. The molecule has 102 valence electrons. The SMILES string of the molecule is O=C1Cc2cc(-c3ccnn3-c3ccccc3)ccc2N1. The van der Waals surface area contributed by atoms with Gasteiger partial charge in [-0.1, -0.05) is 24.3 Å². The molecule has 0 saturated heterocycles. The van der Waals surface area contributed by atoms with Crippen LogP contribution in [0.5, 0.6) is 0 Å². The maximum Gasteiger partial charge on any atom is 0.228 e. The third kappa shape index (κ3) is 2.01. The van der Waals surface area contributed by atoms with Crippen LogP contribution in [0.25, 0.3) is 16.9 Å². The lowest BCUT2D eigenvalue weighted by Crippen LogP contribution is -2.03. The van der Waals surface area contributed by atoms with Gasteiger partial charge in [0.2, 0.25) is 5.91 Å². The van der Waals surface area contributed by atoms with E-state index in [0.29, 0.717) is 6.42 Å². The van der Waals surface area contributed by atoms with Crippen LogP contribution in [0.2, 0.25) is 0 Å². The van der Waals surface area contributed by atoms with E-state index in [9.17, 15) is 4.79 Å². The molecule has 0 fully saturated rings. The van der Waals surface area contributed by atoms with E-state index in [1.54, 1.807) is 6.20 Å². The number of anilines is 1. The molecule has 0 radical (unpaired) electrons. The minimum absolute atomic E-state index is 0.0544. The van der Waals surface area contributed by atoms with Crippen molar-refractivity contribution in [2.45, 2.75) is 6.42 Å². The molecule has 0 bridgehead atoms. The smallest absolute Gasteiger partial charge is 0.228 e. The molecule has 4 nitrogen and oxygen atoms in total. The van der Waals surface area contributed by atoms with Crippen molar-refractivity contribution in [1.29, 1.82) is 0 Å². The molecule has 4 heteroatoms. The number of fused-ring (bicyclic) bond motifs is 1. The highest BCUT2D eigenvalue weighted by atomic mass is 16.1. The number of para-hydroxylation sites is 1. The van der Waals surface area contributed by atoms with Crippen LogP contribution in [0.15, 0.2) is 60.8 Å². The van der Waals surface area contributed by atoms with Gasteiger partial charge in [-0.25, -0.2) is 4.68 Å². The lowest BCUT2D eigenvalue weighted by molar-refractivity contribution is -0.115. The zero-order valence-electron chi connectivity index (χ0n) is 11.3. The fraction of sp³-hybridized carbons (Fsp3) is 0.0588. The van der Waals surface area contributed by atoms with Crippen LogP contribution in [0.3, 0.4) is 0 Å². The van der Waals surface area contributed by atoms with E-state index in [2.05, 4.69) is 16.5 Å². The zero-order valence-corrected chi connectivity index (χ0v) is 11.3. The van der Waals surface area contributed by atoms with Crippen molar-refractivity contribution in [2.75, 3.05) is 5.32 Å². The van der Waals surface area contributed by atoms with Crippen LogP contribution in [0.1, 0.15) is 5.56 Å². The summed E-state index contributed by atoms with van der Waals surface area (Å²) < 4.78 is 1.91. The molecule has 1 aliphatic rings. The van der Waals surface area contributed by atoms with Crippen molar-refractivity contribution in [2.24, 2.45) is 0 Å². The first kappa shape index (κ1) is 11.9. The van der Waals surface area contributed by atoms with Gasteiger partial charge in [0.05, 0.1) is 24.0 Å². The standard InChI is InChI=1S/C17H13N3O/c21-17-11-13-10-12(6-7-15(13)19-17)16-8-9-18-20(16)14-4-2-1-3-5-14/h1-10H,11H2,(H,19,21). The summed E-state index contributed by atoms with van der Waals surface area (Å²) in [5, 5.41) is 7.26. The summed E-state index contributed by atoms with van der Waals surface area (Å²) in [6.45, 7) is 0. The minimum Gasteiger partial charge on any atom is -0.326 e. The summed E-state index contributed by atoms with van der Waals surface area (Å²) in [6.07, 6.45) is 2.24. The molecule has 4 rings (SSSR count). The molecule has 0 atom stereocenters. The number of carbonyl (C=O) groups excluding carboxylic acids is 1. The van der Waals surface area contributed by atoms with Crippen molar-refractivity contribution in [3.63, 3.8) is 0 Å². The molecule has 1 aliphatic heterocycles. The van der Waals surface area contributed by atoms with Gasteiger partial charge in [0.1, 0.15) is 0 Å². The predicted molar refractivity (Wildman–Crippen MR) is 81.3 cm³/mol. The van der Waals surface area contributed by atoms with E-state index in [1.165, 1.54) is 0 Å². The maximum atomic E-state index is 11.5. The Hall–Kier alpha value is -2.88. The zero-order chi connectivity index (χ0) is 14.2. The van der Waals surface area contributed by atoms with E-state index in [0.717, 1.165) is 28.2 Å². The van der Waals surface area contributed by atoms with Crippen molar-refractivity contribution < 1.29 is 4.79 Å². The van der Waals surface area contributed by atoms with E-state index in [4.69, 9.17) is 0 Å². The number of amides is 1. The summed E-state index contributed by atoms with van der Waals surface area (Å²) in [5.41, 5.74) is 5.05. The van der Waals surface area contributed by atoms with Crippen LogP contribution < -0.4 is 5.32 Å². The average Bonchev–Trinajstić information content (AvgIpc) is 3.12. The summed E-state index contributed by atoms with van der Waals surface area (Å²) >= 11 is 0. The van der Waals surface area contributed by atoms with Crippen molar-refractivity contribution in [3.05, 3.63) is 66.4 Å². The topological polar surface area (TPSA) is 46.9 Å². The van der Waals surface area contributed by atoms with Gasteiger partial charge in [0.15, 0.2) is 0 Å². The van der Waals surface area contributed by atoms with Crippen LogP contribution >= 0.6 is 0 Å². The fourth-order valence-electron chi connectivity index (χ4n) is 2.69. The monoisotopic (exact) mass is 275 g/mol. The molecule has 3 aromatic rings. The fourth-order valence-corrected chi connectivity index (χ4v) is 2.69. The van der Waals surface area contributed by atoms with Crippen molar-refractivity contribution in [3.8, 4) is 16.9 Å². The molecule has 2 heterocycles. The molecular formula is C17H13N3O. The lowest BCUT2D eigenvalue weighted by Gasteiger charge is -2.08. The highest BCUT2D eigenvalue weighted by Crippen LogP contribution is 2.29. The van der Waals surface area contributed by atoms with Gasteiger partial charge in [-0.2, -0.15) is 5.10 Å². The summed E-state index contributed by atoms with van der Waals surface area (Å²) in [5.74, 6) is 0.0544. The highest BCUT2D eigenvalue weighted by Gasteiger charge is 2.18. The number of nitrogens with zero attached hydrogens (tertiary/aromatic N) is 2. The Kier molecular flexibility index (Phi) is 2.60. The first-order chi connectivity index (χ1) is 10.3. The quantitative estimate of drug-likeness (QED) is 0.781. The Morgan fingerprint density at radius 2 is 1.90 bits per heavy atom. The van der Waals surface area contributed by atoms with Gasteiger partial charge < -0.3 is 5.32 Å². The molecule has 2 aromatic carbocycles. The Morgan fingerprint density at radius 3 is 2.76 bits per heavy atom. The summed E-state index contributed by atoms with van der Waals surface area (Å²) in [7, 11) is 0. The van der Waals surface area contributed by atoms with Crippen molar-refractivity contribution >= 4 is 11.6 Å². The third-order valence-corrected chi connectivity index (χ3v) is 3.67. The van der Waals surface area contributed by atoms with Gasteiger partial charge in [0, 0.05) is 11.3 Å². The molecule has 1 amide bonds. The number of carbonyl (C=O) groups is 1. The van der Waals surface area contributed by atoms with Crippen molar-refractivity contribution in [1.82, 2.24) is 9.78 Å². The number of aromatic nitrogens is 2. The second-order valence-electron chi connectivity index (χ2n) is 5.06. The van der Waals surface area contributed by atoms with E-state index in [1.807, 2.05) is 53.2 Å². The summed E-state index contributed by atoms with van der Waals surface area (Å²) in [4.78, 5) is 11.5. The molecule has 0 saturated carbocycles. The number of benzene rings is 2. The second kappa shape index (κ2) is 4.59. The Morgan fingerprint density at radius 1 is 1.05 bits per heavy atom. The molecular weight excluding hydrogens is 262 g/mol. The van der Waals surface area contributed by atoms with Gasteiger partial charge in [0.25, 0.3) is 0 Å². The number of hydrogen-bond donors (Lipinski definition) is 1. The molecule has 0 aliphatic carbocycles. The van der Waals surface area contributed by atoms with E-state index >= 15 is 0 Å². The van der Waals surface area contributed by atoms with Crippen LogP contribution in [0.4, 0.5) is 5.69 Å². The van der Waals surface area contributed by atoms with E-state index < -0.39 is 0 Å².